The summed E-state index contributed by atoms with van der Waals surface area (Å²) in [5.41, 5.74) is 5.57. The smallest absolute Gasteiger partial charge is 0.0619 e. The minimum Gasteiger partial charge on any atom is -0.0839 e. The minimum absolute atomic E-state index is 0. The Morgan fingerprint density at radius 2 is 1.23 bits per heavy atom. The third kappa shape index (κ3) is 2.69. The van der Waals surface area contributed by atoms with Gasteiger partial charge in [0.2, 0.25) is 0 Å². The van der Waals surface area contributed by atoms with Gasteiger partial charge in [-0.15, -0.1) is 0 Å². The van der Waals surface area contributed by atoms with Crippen molar-refractivity contribution in [2.45, 2.75) is 62.7 Å². The monoisotopic (exact) mass is 386 g/mol. The maximum absolute atomic E-state index is 2.70. The number of allylic oxidation sites excluding steroid dienone is 8. The van der Waals surface area contributed by atoms with E-state index in [2.05, 4.69) is 49.6 Å². The summed E-state index contributed by atoms with van der Waals surface area (Å²) < 4.78 is 0. The zero-order valence-electron chi connectivity index (χ0n) is 14.0. The third-order valence-corrected chi connectivity index (χ3v) is 11.7. The van der Waals surface area contributed by atoms with E-state index in [9.17, 15) is 0 Å². The molecule has 2 fully saturated rings. The molecular formula is C20H28SiZr. The summed E-state index contributed by atoms with van der Waals surface area (Å²) in [5.74, 6) is 1.79. The van der Waals surface area contributed by atoms with Gasteiger partial charge in [0.25, 0.3) is 0 Å². The van der Waals surface area contributed by atoms with Crippen LogP contribution in [0.5, 0.6) is 0 Å². The summed E-state index contributed by atoms with van der Waals surface area (Å²) in [7, 11) is -1.26. The van der Waals surface area contributed by atoms with Crippen molar-refractivity contribution in [3.05, 3.63) is 47.6 Å². The van der Waals surface area contributed by atoms with E-state index in [0.29, 0.717) is 0 Å². The van der Waals surface area contributed by atoms with Gasteiger partial charge in [-0.1, -0.05) is 60.7 Å². The van der Waals surface area contributed by atoms with Crippen LogP contribution >= 0.6 is 0 Å². The average Bonchev–Trinajstić information content (AvgIpc) is 3.12. The summed E-state index contributed by atoms with van der Waals surface area (Å²) in [6, 6.07) is 0. The Labute approximate surface area is 156 Å². The zero-order chi connectivity index (χ0) is 14.4. The first-order valence-corrected chi connectivity index (χ1v) is 12.1. The molecule has 0 spiro atoms. The Balaban J connectivity index is 0.00000144. The van der Waals surface area contributed by atoms with Crippen LogP contribution in [0.25, 0.3) is 0 Å². The Hall–Kier alpha value is 0.0600. The molecule has 4 aliphatic carbocycles. The van der Waals surface area contributed by atoms with Crippen LogP contribution in [0.2, 0.25) is 24.2 Å². The molecule has 4 atom stereocenters. The van der Waals surface area contributed by atoms with Gasteiger partial charge in [0.15, 0.2) is 0 Å². The fourth-order valence-corrected chi connectivity index (χ4v) is 10.4. The van der Waals surface area contributed by atoms with Crippen molar-refractivity contribution < 1.29 is 26.2 Å². The molecule has 0 aromatic rings. The molecule has 0 bridgehead atoms. The van der Waals surface area contributed by atoms with Crippen molar-refractivity contribution in [3.8, 4) is 0 Å². The predicted octanol–water partition coefficient (Wildman–Crippen LogP) is 6.03. The van der Waals surface area contributed by atoms with Crippen LogP contribution in [-0.2, 0) is 26.2 Å². The normalized spacial score (nSPS) is 36.3. The largest absolute Gasteiger partial charge is 0.0839 e. The second-order valence-corrected chi connectivity index (χ2v) is 13.2. The second kappa shape index (κ2) is 6.52. The van der Waals surface area contributed by atoms with Crippen molar-refractivity contribution in [2.24, 2.45) is 11.8 Å². The van der Waals surface area contributed by atoms with E-state index in [1.807, 2.05) is 11.1 Å². The van der Waals surface area contributed by atoms with Crippen molar-refractivity contribution in [1.29, 1.82) is 0 Å². The molecule has 4 aliphatic rings. The maximum atomic E-state index is 2.70. The van der Waals surface area contributed by atoms with Crippen molar-refractivity contribution in [3.63, 3.8) is 0 Å². The SMILES string of the molecule is C[Si](C)(C1CCC2CC=CC=C21)C1CCC2CC=CC=C21.[Zr]. The Morgan fingerprint density at radius 3 is 1.68 bits per heavy atom. The van der Waals surface area contributed by atoms with E-state index >= 15 is 0 Å². The van der Waals surface area contributed by atoms with Gasteiger partial charge in [-0.05, 0) is 61.4 Å². The van der Waals surface area contributed by atoms with Crippen LogP contribution in [0, 0.1) is 11.8 Å². The van der Waals surface area contributed by atoms with Crippen molar-refractivity contribution in [1.82, 2.24) is 0 Å². The summed E-state index contributed by atoms with van der Waals surface area (Å²) in [6.45, 7) is 5.40. The maximum Gasteiger partial charge on any atom is 0.0619 e. The van der Waals surface area contributed by atoms with Gasteiger partial charge in [0.05, 0.1) is 8.07 Å². The van der Waals surface area contributed by atoms with Gasteiger partial charge >= 0.3 is 0 Å². The van der Waals surface area contributed by atoms with Gasteiger partial charge < -0.3 is 0 Å². The summed E-state index contributed by atoms with van der Waals surface area (Å²) in [5, 5.41) is 0. The number of hydrogen-bond donors (Lipinski definition) is 0. The molecule has 0 radical (unpaired) electrons. The van der Waals surface area contributed by atoms with Crippen LogP contribution in [0.1, 0.15) is 38.5 Å². The van der Waals surface area contributed by atoms with E-state index < -0.39 is 8.07 Å². The molecule has 0 saturated heterocycles. The van der Waals surface area contributed by atoms with E-state index in [1.54, 1.807) is 0 Å². The average molecular weight is 388 g/mol. The first-order valence-electron chi connectivity index (χ1n) is 8.91. The number of rotatable bonds is 2. The number of hydrogen-bond acceptors (Lipinski definition) is 0. The zero-order valence-corrected chi connectivity index (χ0v) is 17.5. The Bertz CT molecular complexity index is 504. The van der Waals surface area contributed by atoms with E-state index in [1.165, 1.54) is 38.5 Å². The topological polar surface area (TPSA) is 0 Å². The van der Waals surface area contributed by atoms with Crippen LogP contribution < -0.4 is 0 Å². The molecule has 116 valence electrons. The van der Waals surface area contributed by atoms with Crippen LogP contribution in [0.4, 0.5) is 0 Å². The van der Waals surface area contributed by atoms with E-state index in [4.69, 9.17) is 0 Å². The quantitative estimate of drug-likeness (QED) is 0.508. The van der Waals surface area contributed by atoms with E-state index in [0.717, 1.165) is 22.9 Å². The van der Waals surface area contributed by atoms with Gasteiger partial charge in [-0.2, -0.15) is 0 Å². The summed E-state index contributed by atoms with van der Waals surface area (Å²) >= 11 is 0. The molecular weight excluding hydrogens is 360 g/mol. The molecule has 0 aliphatic heterocycles. The third-order valence-electron chi connectivity index (χ3n) is 6.84. The van der Waals surface area contributed by atoms with Gasteiger partial charge in [-0.3, -0.25) is 0 Å². The molecule has 4 unspecified atom stereocenters. The summed E-state index contributed by atoms with van der Waals surface area (Å²) in [4.78, 5) is 0. The molecule has 22 heavy (non-hydrogen) atoms. The standard InChI is InChI=1S/C20H28Si.Zr/c1-21(2,19-13-11-15-7-3-5-9-17(15)19)20-14-12-16-8-4-6-10-18(16)20;/h3-6,9-10,15-16,19-20H,7-8,11-14H2,1-2H3;. The molecule has 0 nitrogen and oxygen atoms in total. The van der Waals surface area contributed by atoms with Crippen molar-refractivity contribution >= 4 is 8.07 Å². The van der Waals surface area contributed by atoms with Crippen LogP contribution in [-0.4, -0.2) is 8.07 Å². The number of fused-ring (bicyclic) bond motifs is 2. The van der Waals surface area contributed by atoms with Gasteiger partial charge in [-0.25, -0.2) is 0 Å². The first kappa shape index (κ1) is 16.9. The molecule has 0 aromatic heterocycles. The Kier molecular flexibility index (Phi) is 5.01. The van der Waals surface area contributed by atoms with Crippen LogP contribution in [0.3, 0.4) is 0 Å². The molecule has 2 saturated carbocycles. The van der Waals surface area contributed by atoms with Crippen molar-refractivity contribution in [2.75, 3.05) is 0 Å². The van der Waals surface area contributed by atoms with Gasteiger partial charge in [0.1, 0.15) is 0 Å². The summed E-state index contributed by atoms with van der Waals surface area (Å²) in [6.07, 6.45) is 22.9. The Morgan fingerprint density at radius 1 is 0.773 bits per heavy atom. The second-order valence-electron chi connectivity index (χ2n) is 8.14. The first-order chi connectivity index (χ1) is 10.2. The van der Waals surface area contributed by atoms with Gasteiger partial charge in [0, 0.05) is 26.2 Å². The fraction of sp³-hybridized carbons (Fsp3) is 0.600. The fourth-order valence-electron chi connectivity index (χ4n) is 5.67. The minimum atomic E-state index is -1.26. The van der Waals surface area contributed by atoms with E-state index in [-0.39, 0.29) is 26.2 Å². The molecule has 2 heteroatoms. The molecule has 0 aromatic carbocycles. The predicted molar refractivity (Wildman–Crippen MR) is 94.1 cm³/mol. The molecule has 4 rings (SSSR count). The van der Waals surface area contributed by atoms with Crippen LogP contribution in [0.15, 0.2) is 47.6 Å². The molecule has 0 amide bonds. The molecule has 0 heterocycles. The molecule has 0 N–H and O–H groups in total.